The summed E-state index contributed by atoms with van der Waals surface area (Å²) < 4.78 is 34.9. The Morgan fingerprint density at radius 1 is 0.865 bits per heavy atom. The molecule has 0 saturated heterocycles. The molecule has 1 aliphatic rings. The number of nitrogens with zero attached hydrogens (tertiary/aromatic N) is 3. The number of pyridine rings is 1. The summed E-state index contributed by atoms with van der Waals surface area (Å²) in [6, 6.07) is 23.0. The zero-order valence-corrected chi connectivity index (χ0v) is 31.2. The lowest BCUT2D eigenvalue weighted by atomic mass is 9.78. The summed E-state index contributed by atoms with van der Waals surface area (Å²) in [6.07, 6.45) is 9.64. The van der Waals surface area contributed by atoms with E-state index < -0.39 is 15.5 Å². The molecule has 4 aromatic rings. The first-order valence-electron chi connectivity index (χ1n) is 17.7. The molecule has 1 amide bonds. The quantitative estimate of drug-likeness (QED) is 0.0564. The molecule has 0 atom stereocenters. The number of ketones is 2. The van der Waals surface area contributed by atoms with Crippen molar-refractivity contribution in [3.05, 3.63) is 114 Å². The largest absolute Gasteiger partial charge is 0.292 e. The average Bonchev–Trinajstić information content (AvgIpc) is 3.32. The molecular formula is C42H46N3O6S+. The van der Waals surface area contributed by atoms with Gasteiger partial charge in [-0.2, -0.15) is 13.0 Å². The second kappa shape index (κ2) is 16.1. The van der Waals surface area contributed by atoms with Crippen LogP contribution in [0.15, 0.2) is 97.2 Å². The number of aromatic nitrogens is 1. The maximum Gasteiger partial charge on any atom is 0.265 e. The second-order valence-corrected chi connectivity index (χ2v) is 15.2. The van der Waals surface area contributed by atoms with Crippen molar-refractivity contribution >= 4 is 55.5 Å². The van der Waals surface area contributed by atoms with Gasteiger partial charge in [0, 0.05) is 55.8 Å². The number of amides is 1. The number of hydrogen-bond acceptors (Lipinski definition) is 6. The molecule has 270 valence electrons. The summed E-state index contributed by atoms with van der Waals surface area (Å²) in [4.78, 5) is 44.3. The molecule has 52 heavy (non-hydrogen) atoms. The molecule has 0 radical (unpaired) electrons. The van der Waals surface area contributed by atoms with Gasteiger partial charge in [0.15, 0.2) is 17.3 Å². The zero-order chi connectivity index (χ0) is 37.6. The first kappa shape index (κ1) is 38.2. The number of carbonyl (C=O) groups excluding carboxylic acids is 3. The number of fused-ring (bicyclic) bond motifs is 3. The van der Waals surface area contributed by atoms with Crippen LogP contribution in [0.2, 0.25) is 0 Å². The molecule has 2 heterocycles. The lowest BCUT2D eigenvalue weighted by Gasteiger charge is -2.18. The normalized spacial score (nSPS) is 14.0. The van der Waals surface area contributed by atoms with Gasteiger partial charge in [-0.25, -0.2) is 4.98 Å². The Morgan fingerprint density at radius 2 is 1.52 bits per heavy atom. The fourth-order valence-electron chi connectivity index (χ4n) is 6.86. The maximum atomic E-state index is 12.9. The smallest absolute Gasteiger partial charge is 0.265 e. The van der Waals surface area contributed by atoms with E-state index in [1.807, 2.05) is 74.5 Å². The number of benzene rings is 3. The standard InChI is InChI=1S/C42H45N3O6S/c1-6-14-38(47)35-27-32(28-36(43-35)39(48)15-7-2)30-19-21-34-31(26-30)20-22-37-41(34)42(4,5)40(45(37)24-13-25-52(49,50)51)18-11-12-23-44(29(3)46)33-16-9-8-10-17-33/h8-12,16-23,26-28H,6-7,13-15,24-25H2,1-5H3/p+1. The molecule has 10 heteroatoms. The Bertz CT molecular complexity index is 2180. The van der Waals surface area contributed by atoms with Gasteiger partial charge in [-0.05, 0) is 91.1 Å². The van der Waals surface area contributed by atoms with Crippen LogP contribution in [-0.4, -0.2) is 58.0 Å². The topological polar surface area (TPSA) is 125 Å². The number of rotatable bonds is 15. The lowest BCUT2D eigenvalue weighted by Crippen LogP contribution is -2.28. The van der Waals surface area contributed by atoms with Crippen molar-refractivity contribution in [1.82, 2.24) is 4.98 Å². The summed E-state index contributed by atoms with van der Waals surface area (Å²) >= 11 is 0. The molecule has 1 aromatic heterocycles. The van der Waals surface area contributed by atoms with Crippen LogP contribution in [0.5, 0.6) is 0 Å². The number of Topliss-reactive ketones (excluding diaryl/α,β-unsaturated/α-hetero) is 2. The van der Waals surface area contributed by atoms with Crippen LogP contribution in [-0.2, 0) is 20.3 Å². The zero-order valence-electron chi connectivity index (χ0n) is 30.4. The Hall–Kier alpha value is -5.06. The first-order chi connectivity index (χ1) is 24.7. The minimum atomic E-state index is -4.14. The molecule has 0 aliphatic carbocycles. The lowest BCUT2D eigenvalue weighted by molar-refractivity contribution is -0.437. The van der Waals surface area contributed by atoms with Gasteiger partial charge in [-0.3, -0.25) is 23.8 Å². The molecule has 1 N–H and O–H groups in total. The Morgan fingerprint density at radius 3 is 2.12 bits per heavy atom. The third-order valence-corrected chi connectivity index (χ3v) is 10.1. The average molecular weight is 721 g/mol. The summed E-state index contributed by atoms with van der Waals surface area (Å²) in [5, 5.41) is 1.97. The van der Waals surface area contributed by atoms with Gasteiger partial charge in [0.25, 0.3) is 10.1 Å². The van der Waals surface area contributed by atoms with Crippen molar-refractivity contribution in [2.75, 3.05) is 17.2 Å². The van der Waals surface area contributed by atoms with E-state index in [4.69, 9.17) is 0 Å². The number of hydrogen-bond donors (Lipinski definition) is 1. The third-order valence-electron chi connectivity index (χ3n) is 9.29. The van der Waals surface area contributed by atoms with Gasteiger partial charge < -0.3 is 0 Å². The van der Waals surface area contributed by atoms with Crippen molar-refractivity contribution in [1.29, 1.82) is 0 Å². The van der Waals surface area contributed by atoms with Crippen LogP contribution in [0, 0.1) is 0 Å². The predicted molar refractivity (Wildman–Crippen MR) is 207 cm³/mol. The van der Waals surface area contributed by atoms with Crippen LogP contribution >= 0.6 is 0 Å². The van der Waals surface area contributed by atoms with Crippen molar-refractivity contribution in [3.8, 4) is 11.1 Å². The number of allylic oxidation sites excluding steroid dienone is 3. The summed E-state index contributed by atoms with van der Waals surface area (Å²) in [5.74, 6) is -0.683. The van der Waals surface area contributed by atoms with E-state index in [0.717, 1.165) is 44.5 Å². The van der Waals surface area contributed by atoms with E-state index in [9.17, 15) is 27.4 Å². The van der Waals surface area contributed by atoms with Crippen LogP contribution in [0.1, 0.15) is 93.3 Å². The van der Waals surface area contributed by atoms with Gasteiger partial charge in [0.2, 0.25) is 11.6 Å². The minimum Gasteiger partial charge on any atom is -0.292 e. The van der Waals surface area contributed by atoms with Crippen LogP contribution in [0.4, 0.5) is 11.4 Å². The Balaban J connectivity index is 1.56. The van der Waals surface area contributed by atoms with Crippen LogP contribution < -0.4 is 4.90 Å². The summed E-state index contributed by atoms with van der Waals surface area (Å²) in [7, 11) is -4.14. The molecular weight excluding hydrogens is 675 g/mol. The number of anilines is 1. The molecule has 9 nitrogen and oxygen atoms in total. The van der Waals surface area contributed by atoms with E-state index in [0.29, 0.717) is 43.6 Å². The molecule has 1 aliphatic heterocycles. The molecule has 3 aromatic carbocycles. The highest BCUT2D eigenvalue weighted by atomic mass is 32.2. The van der Waals surface area contributed by atoms with E-state index in [1.165, 1.54) is 6.92 Å². The van der Waals surface area contributed by atoms with Gasteiger partial charge in [0.05, 0.1) is 11.2 Å². The fourth-order valence-corrected chi connectivity index (χ4v) is 7.35. The van der Waals surface area contributed by atoms with E-state index in [-0.39, 0.29) is 29.6 Å². The van der Waals surface area contributed by atoms with Gasteiger partial charge in [-0.15, -0.1) is 0 Å². The van der Waals surface area contributed by atoms with Crippen molar-refractivity contribution in [2.45, 2.75) is 72.1 Å². The van der Waals surface area contributed by atoms with Crippen molar-refractivity contribution < 1.29 is 31.9 Å². The SMILES string of the molecule is CCCC(=O)c1cc(-c2ccc3c4c(ccc3c2)[N+](CCCS(=O)(=O)O)=C(/C=C/C=C/N(C(C)=O)c2ccccc2)C4(C)C)cc(C(=O)CCC)n1. The molecule has 0 bridgehead atoms. The van der Waals surface area contributed by atoms with Crippen molar-refractivity contribution in [2.24, 2.45) is 0 Å². The molecule has 0 spiro atoms. The maximum absolute atomic E-state index is 12.9. The minimum absolute atomic E-state index is 0.0932. The molecule has 0 unspecified atom stereocenters. The van der Waals surface area contributed by atoms with Gasteiger partial charge in [0.1, 0.15) is 17.9 Å². The monoisotopic (exact) mass is 720 g/mol. The number of carbonyl (C=O) groups is 3. The van der Waals surface area contributed by atoms with E-state index >= 15 is 0 Å². The first-order valence-corrected chi connectivity index (χ1v) is 19.3. The predicted octanol–water partition coefficient (Wildman–Crippen LogP) is 8.64. The van der Waals surface area contributed by atoms with Gasteiger partial charge in [-0.1, -0.05) is 50.3 Å². The van der Waals surface area contributed by atoms with Crippen molar-refractivity contribution in [3.63, 3.8) is 0 Å². The second-order valence-electron chi connectivity index (χ2n) is 13.6. The van der Waals surface area contributed by atoms with E-state index in [1.54, 1.807) is 29.3 Å². The fraction of sp³-hybridized carbons (Fsp3) is 0.310. The highest BCUT2D eigenvalue weighted by Gasteiger charge is 2.45. The van der Waals surface area contributed by atoms with Crippen LogP contribution in [0.25, 0.3) is 21.9 Å². The highest BCUT2D eigenvalue weighted by Crippen LogP contribution is 2.45. The Labute approximate surface area is 306 Å². The molecule has 0 saturated carbocycles. The summed E-state index contributed by atoms with van der Waals surface area (Å²) in [5.41, 5.74) is 5.35. The van der Waals surface area contributed by atoms with Gasteiger partial charge >= 0.3 is 0 Å². The highest BCUT2D eigenvalue weighted by molar-refractivity contribution is 7.85. The van der Waals surface area contributed by atoms with E-state index in [2.05, 4.69) is 35.5 Å². The van der Waals surface area contributed by atoms with Crippen LogP contribution in [0.3, 0.4) is 0 Å². The number of para-hydroxylation sites is 1. The third kappa shape index (κ3) is 8.52. The molecule has 0 fully saturated rings. The molecule has 5 rings (SSSR count). The summed E-state index contributed by atoms with van der Waals surface area (Å²) in [6.45, 7) is 9.98. The Kier molecular flexibility index (Phi) is 11.8.